The SMILES string of the molecule is CC(C)NC(=O)CCc1nc(C2=CCN(Cc3ccc(Cl)cc3)CC2)no1. The predicted molar refractivity (Wildman–Crippen MR) is 105 cm³/mol. The molecule has 1 N–H and O–H groups in total. The average Bonchev–Trinajstić information content (AvgIpc) is 3.11. The highest BCUT2D eigenvalue weighted by Gasteiger charge is 2.18. The minimum absolute atomic E-state index is 0.000488. The van der Waals surface area contributed by atoms with Gasteiger partial charge in [0.25, 0.3) is 0 Å². The number of halogens is 1. The highest BCUT2D eigenvalue weighted by atomic mass is 35.5. The maximum absolute atomic E-state index is 11.7. The van der Waals surface area contributed by atoms with E-state index in [0.29, 0.717) is 24.6 Å². The van der Waals surface area contributed by atoms with Crippen molar-refractivity contribution in [2.45, 2.75) is 45.7 Å². The first kappa shape index (κ1) is 19.6. The lowest BCUT2D eigenvalue weighted by atomic mass is 10.1. The molecule has 0 bridgehead atoms. The number of hydrogen-bond acceptors (Lipinski definition) is 5. The van der Waals surface area contributed by atoms with Crippen molar-refractivity contribution < 1.29 is 9.32 Å². The Hall–Kier alpha value is -2.18. The van der Waals surface area contributed by atoms with Crippen molar-refractivity contribution >= 4 is 23.1 Å². The minimum Gasteiger partial charge on any atom is -0.354 e. The van der Waals surface area contributed by atoms with Crippen LogP contribution in [0.3, 0.4) is 0 Å². The summed E-state index contributed by atoms with van der Waals surface area (Å²) in [7, 11) is 0. The quantitative estimate of drug-likeness (QED) is 0.786. The standard InChI is InChI=1S/C20H25ClN4O2/c1-14(2)22-18(26)7-8-19-23-20(24-27-19)16-9-11-25(12-10-16)13-15-3-5-17(21)6-4-15/h3-6,9,14H,7-8,10-13H2,1-2H3,(H,22,26). The van der Waals surface area contributed by atoms with Gasteiger partial charge in [-0.2, -0.15) is 4.98 Å². The van der Waals surface area contributed by atoms with Gasteiger partial charge in [-0.15, -0.1) is 0 Å². The van der Waals surface area contributed by atoms with Crippen LogP contribution in [0.1, 0.15) is 44.0 Å². The number of rotatable bonds is 7. The molecular weight excluding hydrogens is 364 g/mol. The number of carbonyl (C=O) groups is 1. The van der Waals surface area contributed by atoms with E-state index >= 15 is 0 Å². The molecule has 0 radical (unpaired) electrons. The number of carbonyl (C=O) groups excluding carboxylic acids is 1. The molecule has 0 atom stereocenters. The molecule has 7 heteroatoms. The van der Waals surface area contributed by atoms with Gasteiger partial charge in [0.1, 0.15) is 0 Å². The Balaban J connectivity index is 1.51. The van der Waals surface area contributed by atoms with Gasteiger partial charge in [-0.05, 0) is 43.5 Å². The number of amides is 1. The molecule has 0 saturated carbocycles. The lowest BCUT2D eigenvalue weighted by Gasteiger charge is -2.25. The second-order valence-corrected chi connectivity index (χ2v) is 7.51. The minimum atomic E-state index is -0.000488. The molecule has 1 aromatic heterocycles. The Morgan fingerprint density at radius 3 is 2.78 bits per heavy atom. The zero-order valence-electron chi connectivity index (χ0n) is 15.7. The summed E-state index contributed by atoms with van der Waals surface area (Å²) in [5, 5.41) is 7.69. The fourth-order valence-electron chi connectivity index (χ4n) is 3.01. The van der Waals surface area contributed by atoms with Crippen molar-refractivity contribution in [3.63, 3.8) is 0 Å². The van der Waals surface area contributed by atoms with E-state index in [9.17, 15) is 4.79 Å². The summed E-state index contributed by atoms with van der Waals surface area (Å²) in [6.07, 6.45) is 3.84. The van der Waals surface area contributed by atoms with Crippen molar-refractivity contribution in [1.29, 1.82) is 0 Å². The molecule has 0 fully saturated rings. The Labute approximate surface area is 164 Å². The highest BCUT2D eigenvalue weighted by Crippen LogP contribution is 2.21. The third kappa shape index (κ3) is 5.91. The Morgan fingerprint density at radius 1 is 1.33 bits per heavy atom. The number of aryl methyl sites for hydroxylation is 1. The van der Waals surface area contributed by atoms with Gasteiger partial charge >= 0.3 is 0 Å². The monoisotopic (exact) mass is 388 g/mol. The zero-order chi connectivity index (χ0) is 19.2. The Bertz CT molecular complexity index is 799. The summed E-state index contributed by atoms with van der Waals surface area (Å²) in [4.78, 5) is 18.5. The van der Waals surface area contributed by atoms with Crippen LogP contribution in [0, 0.1) is 0 Å². The van der Waals surface area contributed by atoms with Gasteiger partial charge in [0.15, 0.2) is 5.82 Å². The van der Waals surface area contributed by atoms with Gasteiger partial charge < -0.3 is 9.84 Å². The van der Waals surface area contributed by atoms with Gasteiger partial charge in [0.2, 0.25) is 11.8 Å². The van der Waals surface area contributed by atoms with Gasteiger partial charge in [-0.25, -0.2) is 0 Å². The van der Waals surface area contributed by atoms with Crippen LogP contribution < -0.4 is 5.32 Å². The summed E-state index contributed by atoms with van der Waals surface area (Å²) in [5.74, 6) is 1.15. The molecule has 0 unspecified atom stereocenters. The number of aromatic nitrogens is 2. The molecule has 6 nitrogen and oxygen atoms in total. The normalized spacial score (nSPS) is 15.0. The number of hydrogen-bond donors (Lipinski definition) is 1. The van der Waals surface area contributed by atoms with Crippen LogP contribution in [0.15, 0.2) is 34.9 Å². The molecule has 1 aromatic carbocycles. The van der Waals surface area contributed by atoms with Crippen LogP contribution in [-0.2, 0) is 17.8 Å². The predicted octanol–water partition coefficient (Wildman–Crippen LogP) is 3.47. The molecule has 27 heavy (non-hydrogen) atoms. The maximum Gasteiger partial charge on any atom is 0.227 e. The van der Waals surface area contributed by atoms with Gasteiger partial charge in [0.05, 0.1) is 0 Å². The van der Waals surface area contributed by atoms with Gasteiger partial charge in [-0.3, -0.25) is 9.69 Å². The first-order valence-corrected chi connectivity index (χ1v) is 9.65. The number of nitrogens with zero attached hydrogens (tertiary/aromatic N) is 3. The van der Waals surface area contributed by atoms with Crippen LogP contribution in [0.4, 0.5) is 0 Å². The van der Waals surface area contributed by atoms with Crippen LogP contribution in [0.25, 0.3) is 5.57 Å². The van der Waals surface area contributed by atoms with Crippen molar-refractivity contribution in [3.8, 4) is 0 Å². The maximum atomic E-state index is 11.7. The molecule has 0 aliphatic carbocycles. The number of nitrogens with one attached hydrogen (secondary N) is 1. The molecule has 3 rings (SSSR count). The molecule has 2 aromatic rings. The largest absolute Gasteiger partial charge is 0.354 e. The highest BCUT2D eigenvalue weighted by molar-refractivity contribution is 6.30. The molecule has 1 aliphatic rings. The summed E-state index contributed by atoms with van der Waals surface area (Å²) in [6, 6.07) is 8.10. The zero-order valence-corrected chi connectivity index (χ0v) is 16.5. The first-order valence-electron chi connectivity index (χ1n) is 9.28. The van der Waals surface area contributed by atoms with Crippen LogP contribution >= 0.6 is 11.6 Å². The third-order valence-corrected chi connectivity index (χ3v) is 4.64. The molecule has 144 valence electrons. The van der Waals surface area contributed by atoms with Crippen molar-refractivity contribution in [2.24, 2.45) is 0 Å². The van der Waals surface area contributed by atoms with E-state index in [1.165, 1.54) is 5.56 Å². The van der Waals surface area contributed by atoms with Crippen molar-refractivity contribution in [1.82, 2.24) is 20.4 Å². The fraction of sp³-hybridized carbons (Fsp3) is 0.450. The molecule has 0 saturated heterocycles. The van der Waals surface area contributed by atoms with E-state index in [2.05, 4.69) is 38.6 Å². The molecular formula is C20H25ClN4O2. The van der Waals surface area contributed by atoms with E-state index in [1.807, 2.05) is 26.0 Å². The summed E-state index contributed by atoms with van der Waals surface area (Å²) < 4.78 is 5.30. The fourth-order valence-corrected chi connectivity index (χ4v) is 3.13. The molecule has 1 aliphatic heterocycles. The average molecular weight is 389 g/mol. The van der Waals surface area contributed by atoms with Crippen LogP contribution in [-0.4, -0.2) is 40.1 Å². The van der Waals surface area contributed by atoms with E-state index < -0.39 is 0 Å². The first-order chi connectivity index (χ1) is 13.0. The molecule has 2 heterocycles. The second kappa shape index (κ2) is 9.15. The second-order valence-electron chi connectivity index (χ2n) is 7.07. The topological polar surface area (TPSA) is 71.3 Å². The van der Waals surface area contributed by atoms with Gasteiger partial charge in [0, 0.05) is 43.5 Å². The third-order valence-electron chi connectivity index (χ3n) is 4.38. The van der Waals surface area contributed by atoms with E-state index in [4.69, 9.17) is 16.1 Å². The summed E-state index contributed by atoms with van der Waals surface area (Å²) in [6.45, 7) is 6.56. The summed E-state index contributed by atoms with van der Waals surface area (Å²) in [5.41, 5.74) is 2.35. The van der Waals surface area contributed by atoms with Crippen LogP contribution in [0.5, 0.6) is 0 Å². The molecule has 0 spiro atoms. The van der Waals surface area contributed by atoms with E-state index in [0.717, 1.165) is 36.7 Å². The lowest BCUT2D eigenvalue weighted by Crippen LogP contribution is -2.30. The summed E-state index contributed by atoms with van der Waals surface area (Å²) >= 11 is 5.94. The van der Waals surface area contributed by atoms with Crippen molar-refractivity contribution in [3.05, 3.63) is 52.6 Å². The van der Waals surface area contributed by atoms with E-state index in [-0.39, 0.29) is 11.9 Å². The smallest absolute Gasteiger partial charge is 0.227 e. The Morgan fingerprint density at radius 2 is 2.11 bits per heavy atom. The Kier molecular flexibility index (Phi) is 6.63. The number of benzene rings is 1. The van der Waals surface area contributed by atoms with Crippen molar-refractivity contribution in [2.75, 3.05) is 13.1 Å². The van der Waals surface area contributed by atoms with Gasteiger partial charge in [-0.1, -0.05) is 35.0 Å². The van der Waals surface area contributed by atoms with Crippen LogP contribution in [0.2, 0.25) is 5.02 Å². The molecule has 1 amide bonds. The lowest BCUT2D eigenvalue weighted by molar-refractivity contribution is -0.121. The van der Waals surface area contributed by atoms with E-state index in [1.54, 1.807) is 0 Å².